The topological polar surface area (TPSA) is 45.1 Å². The number of aliphatic hydroxyl groups excluding tert-OH is 1. The van der Waals surface area contributed by atoms with E-state index in [1.165, 1.54) is 12.8 Å². The van der Waals surface area contributed by atoms with Crippen molar-refractivity contribution >= 4 is 23.4 Å². The van der Waals surface area contributed by atoms with Crippen LogP contribution in [0.4, 0.5) is 0 Å². The molecule has 2 atom stereocenters. The second-order valence-electron chi connectivity index (χ2n) is 5.39. The third kappa shape index (κ3) is 3.88. The summed E-state index contributed by atoms with van der Waals surface area (Å²) in [5.74, 6) is 1.60. The summed E-state index contributed by atoms with van der Waals surface area (Å²) in [5, 5.41) is 15.0. The molecule has 0 saturated heterocycles. The van der Waals surface area contributed by atoms with Crippen molar-refractivity contribution in [2.45, 2.75) is 43.2 Å². The molecule has 1 heterocycles. The van der Waals surface area contributed by atoms with Crippen LogP contribution in [0, 0.1) is 5.92 Å². The summed E-state index contributed by atoms with van der Waals surface area (Å²) in [7, 11) is 0. The number of aliphatic hydroxyl groups is 1. The van der Waals surface area contributed by atoms with Crippen molar-refractivity contribution in [3.05, 3.63) is 23.4 Å². The SMILES string of the molecule is CCNC1(CO)CCCC1CCSc1ccc(Cl)cn1. The third-order valence-electron chi connectivity index (χ3n) is 4.18. The van der Waals surface area contributed by atoms with E-state index in [0.29, 0.717) is 10.9 Å². The Balaban J connectivity index is 1.85. The van der Waals surface area contributed by atoms with E-state index in [2.05, 4.69) is 17.2 Å². The highest BCUT2D eigenvalue weighted by atomic mass is 35.5. The molecular weight excluding hydrogens is 292 g/mol. The normalized spacial score (nSPS) is 26.1. The van der Waals surface area contributed by atoms with Gasteiger partial charge < -0.3 is 10.4 Å². The van der Waals surface area contributed by atoms with E-state index in [1.807, 2.05) is 12.1 Å². The number of pyridine rings is 1. The highest BCUT2D eigenvalue weighted by Crippen LogP contribution is 2.38. The number of thioether (sulfide) groups is 1. The van der Waals surface area contributed by atoms with E-state index in [0.717, 1.165) is 30.2 Å². The number of aromatic nitrogens is 1. The van der Waals surface area contributed by atoms with Gasteiger partial charge in [-0.1, -0.05) is 24.9 Å². The van der Waals surface area contributed by atoms with Crippen LogP contribution in [0.15, 0.2) is 23.4 Å². The van der Waals surface area contributed by atoms with Crippen LogP contribution in [0.2, 0.25) is 5.02 Å². The lowest BCUT2D eigenvalue weighted by Crippen LogP contribution is -2.51. The Labute approximate surface area is 130 Å². The molecule has 0 radical (unpaired) electrons. The molecule has 1 saturated carbocycles. The van der Waals surface area contributed by atoms with Crippen molar-refractivity contribution in [2.24, 2.45) is 5.92 Å². The molecule has 1 aromatic rings. The molecule has 0 aromatic carbocycles. The minimum atomic E-state index is -0.0528. The fourth-order valence-electron chi connectivity index (χ4n) is 3.17. The van der Waals surface area contributed by atoms with E-state index in [-0.39, 0.29) is 12.1 Å². The quantitative estimate of drug-likeness (QED) is 0.758. The Morgan fingerprint density at radius 1 is 1.55 bits per heavy atom. The molecule has 1 fully saturated rings. The molecule has 2 N–H and O–H groups in total. The fourth-order valence-corrected chi connectivity index (χ4v) is 4.18. The van der Waals surface area contributed by atoms with Gasteiger partial charge in [-0.2, -0.15) is 0 Å². The Morgan fingerprint density at radius 3 is 3.05 bits per heavy atom. The van der Waals surface area contributed by atoms with Crippen LogP contribution in [0.3, 0.4) is 0 Å². The Morgan fingerprint density at radius 2 is 2.40 bits per heavy atom. The highest BCUT2D eigenvalue weighted by Gasteiger charge is 2.41. The van der Waals surface area contributed by atoms with E-state index < -0.39 is 0 Å². The Kier molecular flexibility index (Phi) is 6.15. The van der Waals surface area contributed by atoms with Gasteiger partial charge in [0.1, 0.15) is 0 Å². The second kappa shape index (κ2) is 7.64. The number of nitrogens with zero attached hydrogens (tertiary/aromatic N) is 1. The first-order valence-corrected chi connectivity index (χ1v) is 8.67. The third-order valence-corrected chi connectivity index (χ3v) is 5.39. The van der Waals surface area contributed by atoms with Gasteiger partial charge in [0.25, 0.3) is 0 Å². The molecule has 2 rings (SSSR count). The fraction of sp³-hybridized carbons (Fsp3) is 0.667. The lowest BCUT2D eigenvalue weighted by molar-refractivity contribution is 0.124. The van der Waals surface area contributed by atoms with Crippen LogP contribution in [-0.2, 0) is 0 Å². The number of hydrogen-bond acceptors (Lipinski definition) is 4. The van der Waals surface area contributed by atoms with Gasteiger partial charge in [-0.05, 0) is 49.6 Å². The van der Waals surface area contributed by atoms with E-state index >= 15 is 0 Å². The lowest BCUT2D eigenvalue weighted by Gasteiger charge is -2.34. The van der Waals surface area contributed by atoms with Gasteiger partial charge in [0.2, 0.25) is 0 Å². The molecule has 112 valence electrons. The van der Waals surface area contributed by atoms with Gasteiger partial charge in [-0.25, -0.2) is 4.98 Å². The first kappa shape index (κ1) is 16.1. The molecule has 0 amide bonds. The summed E-state index contributed by atoms with van der Waals surface area (Å²) in [6.45, 7) is 3.28. The largest absolute Gasteiger partial charge is 0.394 e. The van der Waals surface area contributed by atoms with Crippen LogP contribution in [0.25, 0.3) is 0 Å². The van der Waals surface area contributed by atoms with Gasteiger partial charge in [-0.15, -0.1) is 11.8 Å². The molecule has 20 heavy (non-hydrogen) atoms. The molecule has 0 spiro atoms. The summed E-state index contributed by atoms with van der Waals surface area (Å²) >= 11 is 7.60. The Bertz CT molecular complexity index is 415. The van der Waals surface area contributed by atoms with Gasteiger partial charge in [-0.3, -0.25) is 0 Å². The molecule has 3 nitrogen and oxygen atoms in total. The number of nitrogens with one attached hydrogen (secondary N) is 1. The van der Waals surface area contributed by atoms with E-state index in [4.69, 9.17) is 11.6 Å². The molecule has 1 aliphatic rings. The first-order chi connectivity index (χ1) is 9.70. The number of hydrogen-bond donors (Lipinski definition) is 2. The predicted octanol–water partition coefficient (Wildman–Crippen LogP) is 3.36. The van der Waals surface area contributed by atoms with Gasteiger partial charge in [0.05, 0.1) is 16.7 Å². The number of rotatable bonds is 7. The van der Waals surface area contributed by atoms with Crippen LogP contribution in [-0.4, -0.2) is 34.5 Å². The molecule has 1 aliphatic carbocycles. The molecule has 5 heteroatoms. The summed E-state index contributed by atoms with van der Waals surface area (Å²) in [6, 6.07) is 3.84. The summed E-state index contributed by atoms with van der Waals surface area (Å²) in [6.07, 6.45) is 6.31. The van der Waals surface area contributed by atoms with E-state index in [9.17, 15) is 5.11 Å². The van der Waals surface area contributed by atoms with Crippen LogP contribution >= 0.6 is 23.4 Å². The highest BCUT2D eigenvalue weighted by molar-refractivity contribution is 7.99. The summed E-state index contributed by atoms with van der Waals surface area (Å²) in [4.78, 5) is 4.30. The van der Waals surface area contributed by atoms with Crippen LogP contribution in [0.1, 0.15) is 32.6 Å². The maximum Gasteiger partial charge on any atom is 0.0960 e. The zero-order valence-electron chi connectivity index (χ0n) is 11.9. The van der Waals surface area contributed by atoms with E-state index in [1.54, 1.807) is 18.0 Å². The van der Waals surface area contributed by atoms with Crippen molar-refractivity contribution in [1.29, 1.82) is 0 Å². The maximum absolute atomic E-state index is 9.77. The van der Waals surface area contributed by atoms with Crippen molar-refractivity contribution in [3.63, 3.8) is 0 Å². The first-order valence-electron chi connectivity index (χ1n) is 7.30. The standard InChI is InChI=1S/C15H23ClN2OS/c1-2-18-15(11-19)8-3-4-12(15)7-9-20-14-6-5-13(16)10-17-14/h5-6,10,12,18-19H,2-4,7-9,11H2,1H3. The predicted molar refractivity (Wildman–Crippen MR) is 85.4 cm³/mol. The van der Waals surface area contributed by atoms with Crippen molar-refractivity contribution in [2.75, 3.05) is 18.9 Å². The van der Waals surface area contributed by atoms with Gasteiger partial charge in [0, 0.05) is 11.7 Å². The average Bonchev–Trinajstić information content (AvgIpc) is 2.85. The van der Waals surface area contributed by atoms with Crippen molar-refractivity contribution in [3.8, 4) is 0 Å². The lowest BCUT2D eigenvalue weighted by atomic mass is 9.86. The van der Waals surface area contributed by atoms with Crippen LogP contribution < -0.4 is 5.32 Å². The zero-order valence-corrected chi connectivity index (χ0v) is 13.5. The smallest absolute Gasteiger partial charge is 0.0960 e. The summed E-state index contributed by atoms with van der Waals surface area (Å²) in [5.41, 5.74) is -0.0528. The zero-order chi connectivity index (χ0) is 14.4. The minimum Gasteiger partial charge on any atom is -0.394 e. The minimum absolute atomic E-state index is 0.0528. The number of halogens is 1. The molecule has 1 aromatic heterocycles. The summed E-state index contributed by atoms with van der Waals surface area (Å²) < 4.78 is 0. The monoisotopic (exact) mass is 314 g/mol. The van der Waals surface area contributed by atoms with Crippen molar-refractivity contribution < 1.29 is 5.11 Å². The van der Waals surface area contributed by atoms with Crippen molar-refractivity contribution in [1.82, 2.24) is 10.3 Å². The maximum atomic E-state index is 9.77. The molecule has 0 aliphatic heterocycles. The number of likely N-dealkylation sites (N-methyl/N-ethyl adjacent to an activating group) is 1. The Hall–Kier alpha value is -0.290. The molecular formula is C15H23ClN2OS. The van der Waals surface area contributed by atoms with Gasteiger partial charge in [0.15, 0.2) is 0 Å². The molecule has 2 unspecified atom stereocenters. The second-order valence-corrected chi connectivity index (χ2v) is 6.94. The van der Waals surface area contributed by atoms with Gasteiger partial charge >= 0.3 is 0 Å². The average molecular weight is 315 g/mol. The molecule has 0 bridgehead atoms. The van der Waals surface area contributed by atoms with Crippen LogP contribution in [0.5, 0.6) is 0 Å².